The van der Waals surface area contributed by atoms with Crippen molar-refractivity contribution >= 4 is 8.32 Å². The Balaban J connectivity index is 1.64. The molecule has 3 unspecified atom stereocenters. The Bertz CT molecular complexity index is 851. The molecule has 2 N–H and O–H groups in total. The van der Waals surface area contributed by atoms with Crippen molar-refractivity contribution in [2.45, 2.75) is 143 Å². The molecule has 38 heavy (non-hydrogen) atoms. The molecule has 0 amide bonds. The third-order valence-corrected chi connectivity index (χ3v) is 12.0. The van der Waals surface area contributed by atoms with Crippen molar-refractivity contribution in [2.24, 2.45) is 34.5 Å². The molecule has 3 rings (SSSR count). The molecule has 218 valence electrons. The Morgan fingerprint density at radius 2 is 1.68 bits per heavy atom. The summed E-state index contributed by atoms with van der Waals surface area (Å²) in [7, 11) is -1.87. The van der Waals surface area contributed by atoms with Gasteiger partial charge in [0, 0.05) is 0 Å². The van der Waals surface area contributed by atoms with Gasteiger partial charge >= 0.3 is 0 Å². The second kappa shape index (κ2) is 12.5. The fourth-order valence-electron chi connectivity index (χ4n) is 8.06. The molecule has 3 fully saturated rings. The van der Waals surface area contributed by atoms with Crippen LogP contribution in [0.4, 0.5) is 0 Å². The van der Waals surface area contributed by atoms with Gasteiger partial charge in [-0.3, -0.25) is 0 Å². The lowest BCUT2D eigenvalue weighted by atomic mass is 9.61. The molecule has 4 heteroatoms. The van der Waals surface area contributed by atoms with Gasteiger partial charge in [-0.1, -0.05) is 70.6 Å². The first-order valence-electron chi connectivity index (χ1n) is 15.8. The second-order valence-corrected chi connectivity index (χ2v) is 19.3. The zero-order valence-corrected chi connectivity index (χ0v) is 27.2. The van der Waals surface area contributed by atoms with E-state index in [0.717, 1.165) is 25.2 Å². The van der Waals surface area contributed by atoms with Crippen molar-refractivity contribution in [1.29, 1.82) is 0 Å². The van der Waals surface area contributed by atoms with Gasteiger partial charge in [0.15, 0.2) is 8.32 Å². The van der Waals surface area contributed by atoms with Gasteiger partial charge in [-0.25, -0.2) is 0 Å². The van der Waals surface area contributed by atoms with Crippen LogP contribution in [0.2, 0.25) is 19.6 Å². The molecule has 3 aliphatic rings. The highest BCUT2D eigenvalue weighted by molar-refractivity contribution is 6.69. The Hall–Kier alpha value is -0.683. The van der Waals surface area contributed by atoms with E-state index in [1.165, 1.54) is 44.9 Å². The normalized spacial score (nSPS) is 38.8. The molecule has 0 bridgehead atoms. The number of allylic oxidation sites excluding steroid dienone is 6. The number of rotatable bonds is 10. The summed E-state index contributed by atoms with van der Waals surface area (Å²) in [6.45, 7) is 20.2. The van der Waals surface area contributed by atoms with Crippen molar-refractivity contribution in [3.8, 4) is 0 Å². The average molecular weight is 545 g/mol. The third kappa shape index (κ3) is 7.14. The monoisotopic (exact) mass is 544 g/mol. The molecular weight excluding hydrogens is 484 g/mol. The topological polar surface area (TPSA) is 49.7 Å². The van der Waals surface area contributed by atoms with Gasteiger partial charge in [0.2, 0.25) is 0 Å². The lowest BCUT2D eigenvalue weighted by molar-refractivity contribution is -0.156. The first kappa shape index (κ1) is 31.8. The number of fused-ring (bicyclic) bond motifs is 1. The summed E-state index contributed by atoms with van der Waals surface area (Å²) in [5, 5.41) is 22.0. The summed E-state index contributed by atoms with van der Waals surface area (Å²) in [6.07, 6.45) is 22.0. The van der Waals surface area contributed by atoms with Crippen LogP contribution >= 0.6 is 0 Å². The van der Waals surface area contributed by atoms with Gasteiger partial charge in [0.05, 0.1) is 12.2 Å². The van der Waals surface area contributed by atoms with E-state index in [-0.39, 0.29) is 0 Å². The van der Waals surface area contributed by atoms with E-state index in [1.54, 1.807) is 5.57 Å². The van der Waals surface area contributed by atoms with Gasteiger partial charge < -0.3 is 14.6 Å². The minimum atomic E-state index is -1.87. The van der Waals surface area contributed by atoms with E-state index in [0.29, 0.717) is 28.6 Å². The molecule has 6 atom stereocenters. The zero-order chi connectivity index (χ0) is 28.4. The summed E-state index contributed by atoms with van der Waals surface area (Å²) in [4.78, 5) is 0. The maximum absolute atomic E-state index is 11.0. The standard InChI is InChI=1S/C34H60O3Si/c1-10-32(4,11-2)21-13-12-15-25(3)28-19-20-29-27(16-14-22-33(28,29)5)18-17-26-23-30(35)34(6,31(36)24-26)37-38(7,8)9/h12-13,15,18,21,25-26,28-31,35-36H,10-11,14,16-17,19-20,22-24H2,1-9H3/b15-12+,21-13+,27-18+/t25-,26?,28?,29?,30-,31-,33?,34?/m1/s1. The molecule has 3 saturated carbocycles. The molecule has 0 heterocycles. The van der Waals surface area contributed by atoms with Crippen LogP contribution in [0.25, 0.3) is 0 Å². The van der Waals surface area contributed by atoms with Crippen LogP contribution in [0.1, 0.15) is 106 Å². The van der Waals surface area contributed by atoms with Crippen LogP contribution in [-0.2, 0) is 4.43 Å². The van der Waals surface area contributed by atoms with Gasteiger partial charge in [-0.2, -0.15) is 0 Å². The van der Waals surface area contributed by atoms with Crippen molar-refractivity contribution in [2.75, 3.05) is 0 Å². The molecule has 0 spiro atoms. The largest absolute Gasteiger partial charge is 0.407 e. The van der Waals surface area contributed by atoms with Crippen molar-refractivity contribution in [3.05, 3.63) is 36.0 Å². The van der Waals surface area contributed by atoms with E-state index in [2.05, 4.69) is 84.6 Å². The van der Waals surface area contributed by atoms with Crippen LogP contribution in [0.15, 0.2) is 36.0 Å². The van der Waals surface area contributed by atoms with Gasteiger partial charge in [0.25, 0.3) is 0 Å². The highest BCUT2D eigenvalue weighted by Crippen LogP contribution is 2.59. The average Bonchev–Trinajstić information content (AvgIpc) is 3.20. The molecule has 0 saturated heterocycles. The Morgan fingerprint density at radius 3 is 2.26 bits per heavy atom. The summed E-state index contributed by atoms with van der Waals surface area (Å²) in [5.74, 6) is 2.34. The van der Waals surface area contributed by atoms with Crippen molar-refractivity contribution in [3.63, 3.8) is 0 Å². The number of aliphatic hydroxyl groups is 2. The highest BCUT2D eigenvalue weighted by Gasteiger charge is 2.51. The lowest BCUT2D eigenvalue weighted by Crippen LogP contribution is -2.59. The maximum atomic E-state index is 11.0. The van der Waals surface area contributed by atoms with Crippen LogP contribution in [0, 0.1) is 34.5 Å². The first-order chi connectivity index (χ1) is 17.7. The predicted octanol–water partition coefficient (Wildman–Crippen LogP) is 8.84. The Morgan fingerprint density at radius 1 is 1.05 bits per heavy atom. The second-order valence-electron chi connectivity index (χ2n) is 14.8. The lowest BCUT2D eigenvalue weighted by Gasteiger charge is -2.48. The minimum absolute atomic E-state index is 0.311. The maximum Gasteiger partial charge on any atom is 0.184 e. The highest BCUT2D eigenvalue weighted by atomic mass is 28.4. The van der Waals surface area contributed by atoms with Crippen LogP contribution < -0.4 is 0 Å². The summed E-state index contributed by atoms with van der Waals surface area (Å²) >= 11 is 0. The quantitative estimate of drug-likeness (QED) is 0.164. The smallest absolute Gasteiger partial charge is 0.184 e. The molecule has 0 aromatic carbocycles. The fourth-order valence-corrected chi connectivity index (χ4v) is 9.65. The van der Waals surface area contributed by atoms with E-state index in [9.17, 15) is 10.2 Å². The van der Waals surface area contributed by atoms with E-state index < -0.39 is 26.1 Å². The number of hydrogen-bond acceptors (Lipinski definition) is 3. The summed E-state index contributed by atoms with van der Waals surface area (Å²) in [5.41, 5.74) is 1.52. The van der Waals surface area contributed by atoms with Crippen LogP contribution in [0.3, 0.4) is 0 Å². The predicted molar refractivity (Wildman–Crippen MR) is 165 cm³/mol. The molecule has 0 aromatic heterocycles. The van der Waals surface area contributed by atoms with Crippen LogP contribution in [-0.4, -0.2) is 36.3 Å². The minimum Gasteiger partial charge on any atom is -0.407 e. The third-order valence-electron chi connectivity index (χ3n) is 11.0. The SMILES string of the molecule is CCC(C)(/C=C/C=C/[C@@H](C)C1CCC2/C(=C/CC3C[C@@H](O)C(C)(O[Si](C)(C)C)[C@H](O)C3)CCCC21C)CC. The molecule has 0 radical (unpaired) electrons. The Labute approximate surface area is 236 Å². The molecule has 0 aromatic rings. The van der Waals surface area contributed by atoms with E-state index >= 15 is 0 Å². The van der Waals surface area contributed by atoms with Crippen LogP contribution in [0.5, 0.6) is 0 Å². The van der Waals surface area contributed by atoms with Crippen molar-refractivity contribution < 1.29 is 14.6 Å². The van der Waals surface area contributed by atoms with Gasteiger partial charge in [-0.15, -0.1) is 0 Å². The van der Waals surface area contributed by atoms with Gasteiger partial charge in [0.1, 0.15) is 5.60 Å². The Kier molecular flexibility index (Phi) is 10.4. The molecule has 3 nitrogen and oxygen atoms in total. The zero-order valence-electron chi connectivity index (χ0n) is 26.2. The van der Waals surface area contributed by atoms with E-state index in [4.69, 9.17) is 4.43 Å². The summed E-state index contributed by atoms with van der Waals surface area (Å²) in [6, 6.07) is 0. The van der Waals surface area contributed by atoms with E-state index in [1.807, 2.05) is 6.92 Å². The first-order valence-corrected chi connectivity index (χ1v) is 19.2. The summed E-state index contributed by atoms with van der Waals surface area (Å²) < 4.78 is 6.31. The van der Waals surface area contributed by atoms with Crippen molar-refractivity contribution in [1.82, 2.24) is 0 Å². The molecule has 0 aliphatic heterocycles. The fraction of sp³-hybridized carbons (Fsp3) is 0.824. The number of hydrogen-bond donors (Lipinski definition) is 2. The molecule has 3 aliphatic carbocycles. The number of aliphatic hydroxyl groups excluding tert-OH is 2. The molecular formula is C34H60O3Si. The van der Waals surface area contributed by atoms with Gasteiger partial charge in [-0.05, 0) is 125 Å².